The zero-order valence-electron chi connectivity index (χ0n) is 32.2. The first-order valence-electron chi connectivity index (χ1n) is 18.7. The third-order valence-electron chi connectivity index (χ3n) is 10.7. The molecule has 2 saturated heterocycles. The van der Waals surface area contributed by atoms with E-state index >= 15 is 0 Å². The van der Waals surface area contributed by atoms with E-state index in [4.69, 9.17) is 42.2 Å². The zero-order chi connectivity index (χ0) is 37.7. The fourth-order valence-corrected chi connectivity index (χ4v) is 7.74. The largest absolute Gasteiger partial charge is 0.459 e. The fourth-order valence-electron chi connectivity index (χ4n) is 7.45. The molecule has 2 heterocycles. The molecule has 0 aliphatic carbocycles. The Morgan fingerprint density at radius 2 is 1.40 bits per heavy atom. The van der Waals surface area contributed by atoms with Crippen LogP contribution >= 0.6 is 23.2 Å². The molecule has 0 radical (unpaired) electrons. The Balaban J connectivity index is 1.33. The minimum Gasteiger partial charge on any atom is -0.459 e. The van der Waals surface area contributed by atoms with E-state index in [2.05, 4.69) is 58.3 Å². The first-order valence-corrected chi connectivity index (χ1v) is 19.5. The van der Waals surface area contributed by atoms with Gasteiger partial charge >= 0.3 is 13.1 Å². The molecule has 0 aromatic heterocycles. The number of unbranched alkanes of at least 4 members (excludes halogenated alkanes) is 1. The monoisotopic (exact) mass is 747 g/mol. The molecule has 0 spiro atoms. The number of benzene rings is 3. The number of hydrogen-bond acceptors (Lipinski definition) is 7. The molecule has 52 heavy (non-hydrogen) atoms. The van der Waals surface area contributed by atoms with E-state index in [0.717, 1.165) is 67.9 Å². The van der Waals surface area contributed by atoms with Crippen LogP contribution in [0.15, 0.2) is 83.9 Å². The maximum Gasteiger partial charge on any atom is 0.457 e. The molecule has 2 fully saturated rings. The summed E-state index contributed by atoms with van der Waals surface area (Å²) < 4.78 is 19.0. The van der Waals surface area contributed by atoms with E-state index in [0.29, 0.717) is 16.5 Å². The number of nitrogens with zero attached hydrogens (tertiary/aromatic N) is 3. The molecule has 2 aliphatic rings. The Bertz CT molecular complexity index is 1600. The highest BCUT2D eigenvalue weighted by Gasteiger charge is 2.50. The fraction of sp³-hybridized carbons (Fsp3) is 0.524. The summed E-state index contributed by atoms with van der Waals surface area (Å²) in [5.74, 6) is -0.295. The van der Waals surface area contributed by atoms with E-state index in [-0.39, 0.29) is 41.9 Å². The number of carbonyl (C=O) groups excluding carboxylic acids is 1. The smallest absolute Gasteiger partial charge is 0.457 e. The van der Waals surface area contributed by atoms with Crippen molar-refractivity contribution in [1.29, 1.82) is 0 Å². The van der Waals surface area contributed by atoms with Crippen LogP contribution in [-0.4, -0.2) is 79.3 Å². The Labute approximate surface area is 322 Å². The highest BCUT2D eigenvalue weighted by atomic mass is 35.5. The maximum atomic E-state index is 14.4. The molecule has 7 nitrogen and oxygen atoms in total. The zero-order valence-corrected chi connectivity index (χ0v) is 33.7. The van der Waals surface area contributed by atoms with Crippen molar-refractivity contribution >= 4 is 47.7 Å². The summed E-state index contributed by atoms with van der Waals surface area (Å²) in [5.41, 5.74) is 2.88. The van der Waals surface area contributed by atoms with Crippen LogP contribution < -0.4 is 4.90 Å². The number of halogens is 2. The summed E-state index contributed by atoms with van der Waals surface area (Å²) in [6.07, 6.45) is 2.56. The lowest BCUT2D eigenvalue weighted by molar-refractivity contribution is -0.156. The van der Waals surface area contributed by atoms with Crippen LogP contribution in [0.1, 0.15) is 85.8 Å². The number of carbonyl (C=O) groups is 1. The molecular formula is C42H56BCl2N3O4. The third-order valence-corrected chi connectivity index (χ3v) is 11.5. The second-order valence-corrected chi connectivity index (χ2v) is 17.1. The molecular weight excluding hydrogens is 692 g/mol. The first kappa shape index (κ1) is 40.3. The lowest BCUT2D eigenvalue weighted by Gasteiger charge is -2.47. The number of piperazine rings is 1. The van der Waals surface area contributed by atoms with Crippen molar-refractivity contribution in [3.05, 3.63) is 100 Å². The van der Waals surface area contributed by atoms with Gasteiger partial charge in [-0.2, -0.15) is 0 Å². The van der Waals surface area contributed by atoms with Crippen LogP contribution in [0.2, 0.25) is 16.4 Å². The normalized spacial score (nSPS) is 19.2. The quantitative estimate of drug-likeness (QED) is 0.0751. The van der Waals surface area contributed by atoms with Crippen LogP contribution in [0.3, 0.4) is 0 Å². The van der Waals surface area contributed by atoms with Crippen molar-refractivity contribution in [3.8, 4) is 0 Å². The summed E-state index contributed by atoms with van der Waals surface area (Å²) in [6, 6.07) is 25.3. The minimum absolute atomic E-state index is 0.00289. The highest BCUT2D eigenvalue weighted by Crippen LogP contribution is 2.38. The van der Waals surface area contributed by atoms with Gasteiger partial charge in [0.15, 0.2) is 0 Å². The summed E-state index contributed by atoms with van der Waals surface area (Å²) in [7, 11) is -0.271. The molecule has 0 saturated carbocycles. The van der Waals surface area contributed by atoms with Crippen LogP contribution in [-0.2, 0) is 18.8 Å². The average molecular weight is 749 g/mol. The summed E-state index contributed by atoms with van der Waals surface area (Å²) in [5, 5.41) is 1.11. The number of anilines is 1. The number of hydrogen-bond donors (Lipinski definition) is 0. The van der Waals surface area contributed by atoms with Crippen molar-refractivity contribution in [3.63, 3.8) is 0 Å². The number of rotatable bonds is 13. The Morgan fingerprint density at radius 3 is 1.92 bits per heavy atom. The lowest BCUT2D eigenvalue weighted by Crippen LogP contribution is -2.58. The molecule has 3 aromatic carbocycles. The predicted octanol–water partition coefficient (Wildman–Crippen LogP) is 9.63. The van der Waals surface area contributed by atoms with Crippen LogP contribution in [0.5, 0.6) is 0 Å². The van der Waals surface area contributed by atoms with Gasteiger partial charge in [0.2, 0.25) is 0 Å². The van der Waals surface area contributed by atoms with Crippen LogP contribution in [0, 0.1) is 5.41 Å². The first-order chi connectivity index (χ1) is 24.6. The van der Waals surface area contributed by atoms with E-state index in [1.54, 1.807) is 0 Å². The topological polar surface area (TPSA) is 63.6 Å². The van der Waals surface area contributed by atoms with Gasteiger partial charge in [-0.05, 0) is 71.0 Å². The number of esters is 1. The lowest BCUT2D eigenvalue weighted by atomic mass is 9.81. The predicted molar refractivity (Wildman–Crippen MR) is 216 cm³/mol. The van der Waals surface area contributed by atoms with Gasteiger partial charge in [-0.15, -0.1) is 0 Å². The highest BCUT2D eigenvalue weighted by molar-refractivity contribution is 6.45. The van der Waals surface area contributed by atoms with Gasteiger partial charge in [0.05, 0.1) is 33.0 Å². The summed E-state index contributed by atoms with van der Waals surface area (Å²) in [6.45, 7) is 20.3. The van der Waals surface area contributed by atoms with E-state index in [9.17, 15) is 4.79 Å². The third kappa shape index (κ3) is 10.0. The molecule has 2 aliphatic heterocycles. The SMILES string of the molecule is CC(OC(=O)C(CCCCB1OC(C)(C)C(C)(C)O1)N=C(c1ccccc1)c1ccccc1)C(N1CCN(c2ccc(Cl)c(Cl)c2)CC1)C(C)(C)C. The van der Waals surface area contributed by atoms with Crippen LogP contribution in [0.25, 0.3) is 0 Å². The van der Waals surface area contributed by atoms with Crippen molar-refractivity contribution in [1.82, 2.24) is 4.90 Å². The summed E-state index contributed by atoms with van der Waals surface area (Å²) >= 11 is 12.5. The van der Waals surface area contributed by atoms with Gasteiger partial charge in [-0.25, -0.2) is 4.79 Å². The molecule has 280 valence electrons. The molecule has 3 aromatic rings. The Hall–Kier alpha value is -2.88. The van der Waals surface area contributed by atoms with Crippen molar-refractivity contribution in [2.24, 2.45) is 10.4 Å². The van der Waals surface area contributed by atoms with Gasteiger partial charge in [0, 0.05) is 43.0 Å². The summed E-state index contributed by atoms with van der Waals surface area (Å²) in [4.78, 5) is 24.4. The van der Waals surface area contributed by atoms with E-state index in [1.165, 1.54) is 0 Å². The molecule has 0 bridgehead atoms. The van der Waals surface area contributed by atoms with Gasteiger partial charge in [0.25, 0.3) is 0 Å². The van der Waals surface area contributed by atoms with Gasteiger partial charge in [-0.1, -0.05) is 117 Å². The molecule has 0 amide bonds. The second-order valence-electron chi connectivity index (χ2n) is 16.3. The Kier molecular flexibility index (Phi) is 13.2. The average Bonchev–Trinajstić information content (AvgIpc) is 3.31. The van der Waals surface area contributed by atoms with Crippen molar-refractivity contribution in [2.45, 2.75) is 110 Å². The number of aliphatic imine (C=N–C) groups is 1. The molecule has 0 N–H and O–H groups in total. The molecule has 10 heteroatoms. The second kappa shape index (κ2) is 17.1. The van der Waals surface area contributed by atoms with Gasteiger partial charge in [0.1, 0.15) is 12.1 Å². The molecule has 3 unspecified atom stereocenters. The van der Waals surface area contributed by atoms with Crippen molar-refractivity contribution < 1.29 is 18.8 Å². The van der Waals surface area contributed by atoms with Gasteiger partial charge < -0.3 is 18.9 Å². The van der Waals surface area contributed by atoms with E-state index in [1.807, 2.05) is 85.8 Å². The molecule has 3 atom stereocenters. The minimum atomic E-state index is -0.678. The standard InChI is InChI=1S/C42H56BCl2N3O4/c1-30(38(40(2,3)4)48-27-25-47(26-28-48)33-22-23-34(44)35(45)29-33)50-39(49)36(21-15-16-24-43-51-41(5,6)42(7,8)52-43)46-37(31-17-11-9-12-18-31)32-19-13-10-14-20-32/h9-14,17-20,22-23,29-30,36,38H,15-16,21,24-28H2,1-8H3. The van der Waals surface area contributed by atoms with E-state index < -0.39 is 6.04 Å². The number of ether oxygens (including phenoxy) is 1. The van der Waals surface area contributed by atoms with Crippen molar-refractivity contribution in [2.75, 3.05) is 31.1 Å². The Morgan fingerprint density at radius 1 is 0.846 bits per heavy atom. The van der Waals surface area contributed by atoms with Gasteiger partial charge in [-0.3, -0.25) is 9.89 Å². The molecule has 5 rings (SSSR count). The maximum absolute atomic E-state index is 14.4. The van der Waals surface area contributed by atoms with Crippen LogP contribution in [0.4, 0.5) is 5.69 Å².